The van der Waals surface area contributed by atoms with Crippen molar-refractivity contribution < 1.29 is 9.53 Å². The minimum absolute atomic E-state index is 0.123. The van der Waals surface area contributed by atoms with Crippen LogP contribution in [0.3, 0.4) is 0 Å². The van der Waals surface area contributed by atoms with E-state index in [1.807, 2.05) is 6.92 Å². The van der Waals surface area contributed by atoms with Crippen molar-refractivity contribution in [2.75, 3.05) is 17.7 Å². The molecule has 0 spiro atoms. The lowest BCUT2D eigenvalue weighted by atomic mass is 10.2. The van der Waals surface area contributed by atoms with Crippen molar-refractivity contribution in [2.45, 2.75) is 6.92 Å². The predicted molar refractivity (Wildman–Crippen MR) is 86.2 cm³/mol. The van der Waals surface area contributed by atoms with Gasteiger partial charge in [0.25, 0.3) is 5.91 Å². The maximum atomic E-state index is 11.8. The molecule has 2 aromatic rings. The molecule has 0 aliphatic rings. The Morgan fingerprint density at radius 2 is 1.95 bits per heavy atom. The molecule has 0 saturated heterocycles. The minimum atomic E-state index is -0.269. The van der Waals surface area contributed by atoms with Crippen LogP contribution >= 0.6 is 23.2 Å². The molecule has 2 aromatic carbocycles. The Balaban J connectivity index is 1.94. The number of nitrogen functional groups attached to an aromatic ring is 1. The number of benzene rings is 2. The Morgan fingerprint density at radius 1 is 1.19 bits per heavy atom. The molecule has 0 radical (unpaired) electrons. The van der Waals surface area contributed by atoms with Crippen LogP contribution in [-0.4, -0.2) is 12.5 Å². The number of hydrogen-bond donors (Lipinski definition) is 2. The average Bonchev–Trinajstić information content (AvgIpc) is 2.43. The zero-order valence-electron chi connectivity index (χ0n) is 11.3. The number of hydrogen-bond acceptors (Lipinski definition) is 3. The van der Waals surface area contributed by atoms with E-state index in [1.165, 1.54) is 0 Å². The minimum Gasteiger partial charge on any atom is -0.484 e. The van der Waals surface area contributed by atoms with Crippen LogP contribution < -0.4 is 15.8 Å². The summed E-state index contributed by atoms with van der Waals surface area (Å²) in [6, 6.07) is 10.1. The number of amides is 1. The molecule has 2 rings (SSSR count). The van der Waals surface area contributed by atoms with Crippen LogP contribution in [0.25, 0.3) is 0 Å². The van der Waals surface area contributed by atoms with Gasteiger partial charge in [-0.15, -0.1) is 0 Å². The summed E-state index contributed by atoms with van der Waals surface area (Å²) >= 11 is 11.7. The number of carbonyl (C=O) groups is 1. The largest absolute Gasteiger partial charge is 0.484 e. The van der Waals surface area contributed by atoms with Crippen LogP contribution in [0.15, 0.2) is 36.4 Å². The zero-order valence-corrected chi connectivity index (χ0v) is 12.8. The molecule has 0 fully saturated rings. The summed E-state index contributed by atoms with van der Waals surface area (Å²) in [5.41, 5.74) is 7.90. The summed E-state index contributed by atoms with van der Waals surface area (Å²) in [5, 5.41) is 3.57. The van der Waals surface area contributed by atoms with Crippen LogP contribution in [0.4, 0.5) is 11.4 Å². The van der Waals surface area contributed by atoms with Crippen LogP contribution in [0.2, 0.25) is 10.0 Å². The third-order valence-corrected chi connectivity index (χ3v) is 3.52. The summed E-state index contributed by atoms with van der Waals surface area (Å²) < 4.78 is 5.36. The zero-order chi connectivity index (χ0) is 15.4. The van der Waals surface area contributed by atoms with Crippen molar-refractivity contribution in [1.29, 1.82) is 0 Å². The first kappa shape index (κ1) is 15.5. The van der Waals surface area contributed by atoms with Gasteiger partial charge in [0.1, 0.15) is 5.75 Å². The molecule has 1 amide bonds. The van der Waals surface area contributed by atoms with Gasteiger partial charge in [0.2, 0.25) is 0 Å². The number of rotatable bonds is 4. The smallest absolute Gasteiger partial charge is 0.262 e. The van der Waals surface area contributed by atoms with Gasteiger partial charge in [-0.3, -0.25) is 4.79 Å². The number of ether oxygens (including phenoxy) is 1. The van der Waals surface area contributed by atoms with Gasteiger partial charge in [-0.05, 0) is 42.8 Å². The van der Waals surface area contributed by atoms with Crippen molar-refractivity contribution in [3.05, 3.63) is 52.0 Å². The number of nitrogens with two attached hydrogens (primary N) is 1. The predicted octanol–water partition coefficient (Wildman–Crippen LogP) is 3.90. The highest BCUT2D eigenvalue weighted by Gasteiger charge is 2.07. The lowest BCUT2D eigenvalue weighted by Crippen LogP contribution is -2.20. The van der Waals surface area contributed by atoms with Crippen molar-refractivity contribution in [2.24, 2.45) is 0 Å². The van der Waals surface area contributed by atoms with Crippen LogP contribution in [0, 0.1) is 6.92 Å². The van der Waals surface area contributed by atoms with E-state index in [9.17, 15) is 4.79 Å². The van der Waals surface area contributed by atoms with E-state index in [0.29, 0.717) is 27.2 Å². The van der Waals surface area contributed by atoms with E-state index < -0.39 is 0 Å². The molecule has 0 aromatic heterocycles. The first-order chi connectivity index (χ1) is 9.95. The van der Waals surface area contributed by atoms with Crippen molar-refractivity contribution in [3.8, 4) is 5.75 Å². The van der Waals surface area contributed by atoms with Crippen LogP contribution in [0.5, 0.6) is 5.75 Å². The molecular weight excluding hydrogens is 311 g/mol. The molecule has 3 N–H and O–H groups in total. The second-order valence-corrected chi connectivity index (χ2v) is 5.30. The quantitative estimate of drug-likeness (QED) is 0.838. The second kappa shape index (κ2) is 6.70. The fraction of sp³-hybridized carbons (Fsp3) is 0.133. The van der Waals surface area contributed by atoms with E-state index in [2.05, 4.69) is 5.32 Å². The number of nitrogens with one attached hydrogen (secondary N) is 1. The fourth-order valence-electron chi connectivity index (χ4n) is 1.73. The molecule has 0 saturated carbocycles. The third kappa shape index (κ3) is 4.28. The van der Waals surface area contributed by atoms with E-state index in [1.54, 1.807) is 36.4 Å². The van der Waals surface area contributed by atoms with Crippen molar-refractivity contribution in [1.82, 2.24) is 0 Å². The average molecular weight is 325 g/mol. The van der Waals surface area contributed by atoms with Crippen molar-refractivity contribution in [3.63, 3.8) is 0 Å². The first-order valence-electron chi connectivity index (χ1n) is 6.19. The molecule has 0 bridgehead atoms. The number of carbonyl (C=O) groups excluding carboxylic acids is 1. The van der Waals surface area contributed by atoms with Gasteiger partial charge in [-0.1, -0.05) is 23.2 Å². The highest BCUT2D eigenvalue weighted by molar-refractivity contribution is 6.42. The van der Waals surface area contributed by atoms with Crippen LogP contribution in [0.1, 0.15) is 5.56 Å². The van der Waals surface area contributed by atoms with Gasteiger partial charge in [-0.2, -0.15) is 0 Å². The number of halogens is 2. The van der Waals surface area contributed by atoms with Gasteiger partial charge in [-0.25, -0.2) is 0 Å². The van der Waals surface area contributed by atoms with Gasteiger partial charge < -0.3 is 15.8 Å². The Kier molecular flexibility index (Phi) is 4.94. The lowest BCUT2D eigenvalue weighted by Gasteiger charge is -2.10. The molecule has 6 heteroatoms. The maximum Gasteiger partial charge on any atom is 0.262 e. The highest BCUT2D eigenvalue weighted by Crippen LogP contribution is 2.26. The molecule has 21 heavy (non-hydrogen) atoms. The van der Waals surface area contributed by atoms with E-state index in [-0.39, 0.29) is 12.5 Å². The molecular formula is C15H14Cl2N2O2. The maximum absolute atomic E-state index is 11.8. The molecule has 4 nitrogen and oxygen atoms in total. The molecule has 0 heterocycles. The van der Waals surface area contributed by atoms with Gasteiger partial charge in [0.15, 0.2) is 6.61 Å². The lowest BCUT2D eigenvalue weighted by molar-refractivity contribution is -0.118. The third-order valence-electron chi connectivity index (χ3n) is 2.79. The molecule has 0 aliphatic heterocycles. The SMILES string of the molecule is Cc1cc(N)ccc1NC(=O)COc1ccc(Cl)c(Cl)c1. The topological polar surface area (TPSA) is 64.3 Å². The summed E-state index contributed by atoms with van der Waals surface area (Å²) in [7, 11) is 0. The summed E-state index contributed by atoms with van der Waals surface area (Å²) in [6.07, 6.45) is 0. The molecule has 110 valence electrons. The molecule has 0 unspecified atom stereocenters. The van der Waals surface area contributed by atoms with Crippen molar-refractivity contribution >= 4 is 40.5 Å². The van der Waals surface area contributed by atoms with Gasteiger partial charge >= 0.3 is 0 Å². The Morgan fingerprint density at radius 3 is 2.62 bits per heavy atom. The Labute approximate surface area is 132 Å². The molecule has 0 atom stereocenters. The fourth-order valence-corrected chi connectivity index (χ4v) is 2.02. The normalized spacial score (nSPS) is 10.2. The molecule has 0 aliphatic carbocycles. The van der Waals surface area contributed by atoms with Gasteiger partial charge in [0, 0.05) is 17.4 Å². The summed E-state index contributed by atoms with van der Waals surface area (Å²) in [5.74, 6) is 0.211. The first-order valence-corrected chi connectivity index (χ1v) is 6.95. The summed E-state index contributed by atoms with van der Waals surface area (Å²) in [4.78, 5) is 11.8. The second-order valence-electron chi connectivity index (χ2n) is 4.49. The van der Waals surface area contributed by atoms with Gasteiger partial charge in [0.05, 0.1) is 10.0 Å². The highest BCUT2D eigenvalue weighted by atomic mass is 35.5. The number of anilines is 2. The van der Waals surface area contributed by atoms with E-state index in [0.717, 1.165) is 5.56 Å². The van der Waals surface area contributed by atoms with E-state index in [4.69, 9.17) is 33.7 Å². The summed E-state index contributed by atoms with van der Waals surface area (Å²) in [6.45, 7) is 1.74. The monoisotopic (exact) mass is 324 g/mol. The van der Waals surface area contributed by atoms with Crippen LogP contribution in [-0.2, 0) is 4.79 Å². The Bertz CT molecular complexity index is 675. The standard InChI is InChI=1S/C15H14Cl2N2O2/c1-9-6-10(18)2-5-14(9)19-15(20)8-21-11-3-4-12(16)13(17)7-11/h2-7H,8,18H2,1H3,(H,19,20). The number of aryl methyl sites for hydroxylation is 1. The van der Waals surface area contributed by atoms with E-state index >= 15 is 0 Å². The Hall–Kier alpha value is -1.91.